The van der Waals surface area contributed by atoms with Crippen LogP contribution in [0.1, 0.15) is 24.0 Å². The monoisotopic (exact) mass is 222 g/mol. The molecular formula is C11H14N2O3. The molecule has 0 atom stereocenters. The Morgan fingerprint density at radius 2 is 1.94 bits per heavy atom. The summed E-state index contributed by atoms with van der Waals surface area (Å²) in [6.45, 7) is 3.19. The van der Waals surface area contributed by atoms with Crippen molar-refractivity contribution in [1.29, 1.82) is 0 Å². The highest BCUT2D eigenvalue weighted by molar-refractivity contribution is 5.82. The van der Waals surface area contributed by atoms with E-state index in [-0.39, 0.29) is 29.4 Å². The van der Waals surface area contributed by atoms with E-state index in [1.165, 1.54) is 0 Å². The fourth-order valence-electron chi connectivity index (χ4n) is 1.59. The maximum atomic E-state index is 11.8. The smallest absolute Gasteiger partial charge is 0.268 e. The van der Waals surface area contributed by atoms with Gasteiger partial charge >= 0.3 is 0 Å². The first-order valence-corrected chi connectivity index (χ1v) is 5.33. The summed E-state index contributed by atoms with van der Waals surface area (Å²) in [5.74, 6) is 0.123. The lowest BCUT2D eigenvalue weighted by Gasteiger charge is -2.06. The zero-order chi connectivity index (χ0) is 11.9. The Morgan fingerprint density at radius 1 is 1.31 bits per heavy atom. The highest BCUT2D eigenvalue weighted by atomic mass is 16.2. The van der Waals surface area contributed by atoms with Crippen molar-refractivity contribution in [3.8, 4) is 0 Å². The Morgan fingerprint density at radius 3 is 2.50 bits per heavy atom. The minimum absolute atomic E-state index is 0.0140. The summed E-state index contributed by atoms with van der Waals surface area (Å²) in [4.78, 5) is 34.8. The van der Waals surface area contributed by atoms with E-state index in [2.05, 4.69) is 5.10 Å². The van der Waals surface area contributed by atoms with Gasteiger partial charge < -0.3 is 0 Å². The van der Waals surface area contributed by atoms with Crippen molar-refractivity contribution in [2.24, 2.45) is 5.92 Å². The van der Waals surface area contributed by atoms with Crippen LogP contribution in [-0.4, -0.2) is 15.6 Å². The average Bonchev–Trinajstić information content (AvgIpc) is 3.06. The normalized spacial score (nSPS) is 15.1. The van der Waals surface area contributed by atoms with E-state index in [4.69, 9.17) is 0 Å². The van der Waals surface area contributed by atoms with Crippen molar-refractivity contribution in [2.45, 2.75) is 33.2 Å². The molecule has 0 bridgehead atoms. The summed E-state index contributed by atoms with van der Waals surface area (Å²) in [5, 5.41) is 2.43. The summed E-state index contributed by atoms with van der Waals surface area (Å²) in [6, 6.07) is 0. The van der Waals surface area contributed by atoms with E-state index >= 15 is 0 Å². The van der Waals surface area contributed by atoms with Gasteiger partial charge in [0.1, 0.15) is 6.54 Å². The molecule has 2 rings (SSSR count). The summed E-state index contributed by atoms with van der Waals surface area (Å²) < 4.78 is 1.12. The summed E-state index contributed by atoms with van der Waals surface area (Å²) >= 11 is 0. The van der Waals surface area contributed by atoms with Gasteiger partial charge in [0, 0.05) is 17.0 Å². The maximum Gasteiger partial charge on any atom is 0.268 e. The zero-order valence-corrected chi connectivity index (χ0v) is 9.37. The molecule has 0 aromatic carbocycles. The third-order valence-electron chi connectivity index (χ3n) is 3.05. The fourth-order valence-corrected chi connectivity index (χ4v) is 1.59. The molecule has 1 N–H and O–H groups in total. The first kappa shape index (κ1) is 10.9. The summed E-state index contributed by atoms with van der Waals surface area (Å²) in [7, 11) is 0. The van der Waals surface area contributed by atoms with Crippen LogP contribution < -0.4 is 11.1 Å². The number of hydrogen-bond acceptors (Lipinski definition) is 3. The predicted octanol–water partition coefficient (Wildman–Crippen LogP) is 0.133. The molecule has 0 radical (unpaired) electrons. The molecule has 1 fully saturated rings. The largest absolute Gasteiger partial charge is 0.297 e. The number of H-pyrrole nitrogens is 1. The molecule has 16 heavy (non-hydrogen) atoms. The third-order valence-corrected chi connectivity index (χ3v) is 3.05. The lowest BCUT2D eigenvalue weighted by molar-refractivity contribution is -0.121. The molecule has 0 saturated heterocycles. The fraction of sp³-hybridized carbons (Fsp3) is 0.545. The van der Waals surface area contributed by atoms with Crippen LogP contribution in [0.4, 0.5) is 0 Å². The minimum Gasteiger partial charge on any atom is -0.297 e. The van der Waals surface area contributed by atoms with Crippen molar-refractivity contribution >= 4 is 5.78 Å². The zero-order valence-electron chi connectivity index (χ0n) is 9.37. The first-order chi connectivity index (χ1) is 7.50. The van der Waals surface area contributed by atoms with Crippen LogP contribution in [0.15, 0.2) is 9.59 Å². The topological polar surface area (TPSA) is 71.9 Å². The molecule has 1 aromatic heterocycles. The maximum absolute atomic E-state index is 11.8. The Hall–Kier alpha value is -1.65. The Kier molecular flexibility index (Phi) is 2.53. The lowest BCUT2D eigenvalue weighted by Crippen LogP contribution is -2.35. The summed E-state index contributed by atoms with van der Waals surface area (Å²) in [6.07, 6.45) is 1.81. The highest BCUT2D eigenvalue weighted by Crippen LogP contribution is 2.29. The van der Waals surface area contributed by atoms with E-state index in [0.29, 0.717) is 11.1 Å². The number of ketones is 1. The second kappa shape index (κ2) is 3.73. The summed E-state index contributed by atoms with van der Waals surface area (Å²) in [5.41, 5.74) is 0.235. The molecule has 1 heterocycles. The van der Waals surface area contributed by atoms with Gasteiger partial charge in [0.2, 0.25) is 0 Å². The van der Waals surface area contributed by atoms with Gasteiger partial charge in [-0.1, -0.05) is 0 Å². The van der Waals surface area contributed by atoms with Gasteiger partial charge in [-0.05, 0) is 26.7 Å². The van der Waals surface area contributed by atoms with Crippen LogP contribution in [-0.2, 0) is 11.3 Å². The van der Waals surface area contributed by atoms with Crippen molar-refractivity contribution in [3.63, 3.8) is 0 Å². The van der Waals surface area contributed by atoms with E-state index in [1.54, 1.807) is 13.8 Å². The number of rotatable bonds is 3. The minimum atomic E-state index is -0.305. The average molecular weight is 222 g/mol. The number of hydrogen-bond donors (Lipinski definition) is 1. The molecule has 0 spiro atoms. The molecule has 0 amide bonds. The van der Waals surface area contributed by atoms with Crippen molar-refractivity contribution < 1.29 is 4.79 Å². The number of aromatic amines is 1. The van der Waals surface area contributed by atoms with Crippen LogP contribution in [0.5, 0.6) is 0 Å². The molecule has 1 saturated carbocycles. The lowest BCUT2D eigenvalue weighted by atomic mass is 10.2. The van der Waals surface area contributed by atoms with Gasteiger partial charge in [0.15, 0.2) is 5.78 Å². The molecule has 5 heteroatoms. The molecular weight excluding hydrogens is 208 g/mol. The van der Waals surface area contributed by atoms with Gasteiger partial charge in [-0.25, -0.2) is 4.68 Å². The number of nitrogens with zero attached hydrogens (tertiary/aromatic N) is 1. The van der Waals surface area contributed by atoms with Crippen LogP contribution in [0.3, 0.4) is 0 Å². The Labute approximate surface area is 92.1 Å². The Balaban J connectivity index is 2.37. The molecule has 1 aliphatic rings. The number of carbonyl (C=O) groups is 1. The number of aromatic nitrogens is 2. The highest BCUT2D eigenvalue weighted by Gasteiger charge is 2.29. The quantitative estimate of drug-likeness (QED) is 0.790. The van der Waals surface area contributed by atoms with Crippen LogP contribution >= 0.6 is 0 Å². The molecule has 0 unspecified atom stereocenters. The van der Waals surface area contributed by atoms with Crippen LogP contribution in [0.25, 0.3) is 0 Å². The van der Waals surface area contributed by atoms with Crippen LogP contribution in [0.2, 0.25) is 0 Å². The SMILES string of the molecule is Cc1c(C)c(=O)n(CC(=O)C2CC2)[nH]c1=O. The van der Waals surface area contributed by atoms with E-state index in [0.717, 1.165) is 17.5 Å². The molecule has 5 nitrogen and oxygen atoms in total. The molecule has 0 aliphatic heterocycles. The van der Waals surface area contributed by atoms with Gasteiger partial charge in [-0.3, -0.25) is 19.5 Å². The first-order valence-electron chi connectivity index (χ1n) is 5.33. The second-order valence-electron chi connectivity index (χ2n) is 4.32. The second-order valence-corrected chi connectivity index (χ2v) is 4.32. The number of nitrogens with one attached hydrogen (secondary N) is 1. The Bertz CT molecular complexity index is 549. The van der Waals surface area contributed by atoms with Crippen molar-refractivity contribution in [3.05, 3.63) is 31.8 Å². The molecule has 86 valence electrons. The van der Waals surface area contributed by atoms with E-state index in [1.807, 2.05) is 0 Å². The van der Waals surface area contributed by atoms with E-state index in [9.17, 15) is 14.4 Å². The van der Waals surface area contributed by atoms with Gasteiger partial charge in [-0.15, -0.1) is 0 Å². The van der Waals surface area contributed by atoms with Gasteiger partial charge in [0.05, 0.1) is 0 Å². The van der Waals surface area contributed by atoms with Crippen molar-refractivity contribution in [2.75, 3.05) is 0 Å². The van der Waals surface area contributed by atoms with Crippen LogP contribution in [0, 0.1) is 19.8 Å². The third kappa shape index (κ3) is 1.85. The standard InChI is InChI=1S/C11H14N2O3/c1-6-7(2)11(16)13(12-10(6)15)5-9(14)8-3-4-8/h8H,3-5H2,1-2H3,(H,12,15). The number of Topliss-reactive ketones (excluding diaryl/α,β-unsaturated/α-hetero) is 1. The molecule has 1 aromatic rings. The van der Waals surface area contributed by atoms with E-state index < -0.39 is 0 Å². The molecule has 1 aliphatic carbocycles. The van der Waals surface area contributed by atoms with Gasteiger partial charge in [-0.2, -0.15) is 0 Å². The number of carbonyl (C=O) groups excluding carboxylic acids is 1. The van der Waals surface area contributed by atoms with Crippen molar-refractivity contribution in [1.82, 2.24) is 9.78 Å². The predicted molar refractivity (Wildman–Crippen MR) is 58.5 cm³/mol. The van der Waals surface area contributed by atoms with Gasteiger partial charge in [0.25, 0.3) is 11.1 Å².